The average molecular weight is 281 g/mol. The van der Waals surface area contributed by atoms with Crippen LogP contribution in [0, 0.1) is 0 Å². The molecule has 0 aliphatic rings. The third-order valence-electron chi connectivity index (χ3n) is 1.89. The molecule has 0 aliphatic carbocycles. The molecular formula is C10H23N3O2S2. The van der Waals surface area contributed by atoms with Gasteiger partial charge in [-0.25, -0.2) is 8.42 Å². The summed E-state index contributed by atoms with van der Waals surface area (Å²) in [6.07, 6.45) is 3.87. The number of rotatable bonds is 8. The molecule has 0 fully saturated rings. The van der Waals surface area contributed by atoms with Gasteiger partial charge in [0.1, 0.15) is 9.84 Å². The Labute approximate surface area is 109 Å². The van der Waals surface area contributed by atoms with Gasteiger partial charge in [0, 0.05) is 31.6 Å². The second kappa shape index (κ2) is 9.58. The molecule has 0 aromatic heterocycles. The summed E-state index contributed by atoms with van der Waals surface area (Å²) in [5.41, 5.74) is 0. The van der Waals surface area contributed by atoms with E-state index in [0.717, 1.165) is 24.8 Å². The molecule has 7 heteroatoms. The molecule has 17 heavy (non-hydrogen) atoms. The van der Waals surface area contributed by atoms with Crippen molar-refractivity contribution in [1.29, 1.82) is 0 Å². The first kappa shape index (κ1) is 16.6. The van der Waals surface area contributed by atoms with Crippen LogP contribution in [0.3, 0.4) is 0 Å². The van der Waals surface area contributed by atoms with Crippen LogP contribution in [0.4, 0.5) is 0 Å². The quantitative estimate of drug-likeness (QED) is 0.381. The molecule has 0 spiro atoms. The molecule has 0 amide bonds. The van der Waals surface area contributed by atoms with Gasteiger partial charge < -0.3 is 10.6 Å². The largest absolute Gasteiger partial charge is 0.357 e. The third kappa shape index (κ3) is 11.8. The van der Waals surface area contributed by atoms with Crippen LogP contribution in [0.1, 0.15) is 13.3 Å². The van der Waals surface area contributed by atoms with Crippen molar-refractivity contribution in [2.24, 2.45) is 4.99 Å². The Bertz CT molecular complexity index is 316. The highest BCUT2D eigenvalue weighted by Crippen LogP contribution is 1.90. The lowest BCUT2D eigenvalue weighted by Gasteiger charge is -2.10. The monoisotopic (exact) mass is 281 g/mol. The zero-order valence-corrected chi connectivity index (χ0v) is 12.5. The van der Waals surface area contributed by atoms with Crippen molar-refractivity contribution in [1.82, 2.24) is 10.6 Å². The number of guanidine groups is 1. The molecule has 5 nitrogen and oxygen atoms in total. The maximum Gasteiger partial charge on any atom is 0.191 e. The van der Waals surface area contributed by atoms with Gasteiger partial charge in [-0.1, -0.05) is 0 Å². The fraction of sp³-hybridized carbons (Fsp3) is 0.900. The van der Waals surface area contributed by atoms with E-state index in [2.05, 4.69) is 21.9 Å². The standard InChI is InChI=1S/C10H23N3O2S2/c1-4-11-10(13-7-8-16-2)12-6-5-9-17(3,14)15/h4-9H2,1-3H3,(H2,11,12,13). The Hall–Kier alpha value is -0.430. The highest BCUT2D eigenvalue weighted by Gasteiger charge is 2.01. The van der Waals surface area contributed by atoms with Gasteiger partial charge in [-0.15, -0.1) is 0 Å². The first-order valence-electron chi connectivity index (χ1n) is 5.68. The van der Waals surface area contributed by atoms with Gasteiger partial charge in [0.05, 0.1) is 5.75 Å². The summed E-state index contributed by atoms with van der Waals surface area (Å²) in [6.45, 7) is 4.19. The average Bonchev–Trinajstić information content (AvgIpc) is 2.23. The van der Waals surface area contributed by atoms with E-state index in [0.29, 0.717) is 13.0 Å². The van der Waals surface area contributed by atoms with Crippen molar-refractivity contribution in [2.45, 2.75) is 13.3 Å². The van der Waals surface area contributed by atoms with Crippen LogP contribution in [-0.2, 0) is 9.84 Å². The lowest BCUT2D eigenvalue weighted by molar-refractivity contribution is 0.599. The molecule has 0 saturated carbocycles. The number of hydrogen-bond donors (Lipinski definition) is 2. The first-order valence-corrected chi connectivity index (χ1v) is 9.14. The van der Waals surface area contributed by atoms with Crippen molar-refractivity contribution in [3.05, 3.63) is 0 Å². The fourth-order valence-electron chi connectivity index (χ4n) is 1.13. The summed E-state index contributed by atoms with van der Waals surface area (Å²) in [6, 6.07) is 0. The summed E-state index contributed by atoms with van der Waals surface area (Å²) in [7, 11) is -2.87. The van der Waals surface area contributed by atoms with Gasteiger partial charge in [0.15, 0.2) is 5.96 Å². The molecule has 102 valence electrons. The van der Waals surface area contributed by atoms with E-state index in [4.69, 9.17) is 0 Å². The van der Waals surface area contributed by atoms with E-state index in [-0.39, 0.29) is 5.75 Å². The van der Waals surface area contributed by atoms with Crippen molar-refractivity contribution in [3.8, 4) is 0 Å². The highest BCUT2D eigenvalue weighted by atomic mass is 32.2. The first-order chi connectivity index (χ1) is 7.99. The molecule has 2 N–H and O–H groups in total. The van der Waals surface area contributed by atoms with Gasteiger partial charge in [-0.05, 0) is 19.6 Å². The highest BCUT2D eigenvalue weighted by molar-refractivity contribution is 7.98. The zero-order chi connectivity index (χ0) is 13.1. The summed E-state index contributed by atoms with van der Waals surface area (Å²) < 4.78 is 21.9. The van der Waals surface area contributed by atoms with Crippen molar-refractivity contribution < 1.29 is 8.42 Å². The molecular weight excluding hydrogens is 258 g/mol. The minimum Gasteiger partial charge on any atom is -0.357 e. The van der Waals surface area contributed by atoms with E-state index < -0.39 is 9.84 Å². The van der Waals surface area contributed by atoms with Crippen LogP contribution >= 0.6 is 11.8 Å². The Balaban J connectivity index is 3.93. The van der Waals surface area contributed by atoms with E-state index in [1.54, 1.807) is 11.8 Å². The van der Waals surface area contributed by atoms with Crippen LogP contribution in [0.15, 0.2) is 4.99 Å². The Morgan fingerprint density at radius 1 is 1.35 bits per heavy atom. The number of thioether (sulfide) groups is 1. The molecule has 0 saturated heterocycles. The molecule has 0 unspecified atom stereocenters. The van der Waals surface area contributed by atoms with Crippen LogP contribution in [0.2, 0.25) is 0 Å². The Morgan fingerprint density at radius 2 is 2.06 bits per heavy atom. The minimum absolute atomic E-state index is 0.195. The molecule has 0 radical (unpaired) electrons. The van der Waals surface area contributed by atoms with Gasteiger partial charge in [0.2, 0.25) is 0 Å². The van der Waals surface area contributed by atoms with Gasteiger partial charge in [-0.3, -0.25) is 4.99 Å². The molecule has 0 rings (SSSR count). The molecule has 0 bridgehead atoms. The van der Waals surface area contributed by atoms with Crippen LogP contribution < -0.4 is 10.6 Å². The summed E-state index contributed by atoms with van der Waals surface area (Å²) in [5, 5.41) is 6.31. The Morgan fingerprint density at radius 3 is 2.59 bits per heavy atom. The normalized spacial score (nSPS) is 12.5. The van der Waals surface area contributed by atoms with E-state index in [9.17, 15) is 8.42 Å². The number of sulfone groups is 1. The topological polar surface area (TPSA) is 70.6 Å². The van der Waals surface area contributed by atoms with Crippen LogP contribution in [-0.4, -0.2) is 58.0 Å². The molecule has 0 aromatic carbocycles. The number of nitrogens with zero attached hydrogens (tertiary/aromatic N) is 1. The fourth-order valence-corrected chi connectivity index (χ4v) is 2.09. The summed E-state index contributed by atoms with van der Waals surface area (Å²) in [5.74, 6) is 1.98. The number of nitrogens with one attached hydrogen (secondary N) is 2. The second-order valence-electron chi connectivity index (χ2n) is 3.66. The summed E-state index contributed by atoms with van der Waals surface area (Å²) in [4.78, 5) is 4.31. The van der Waals surface area contributed by atoms with Crippen LogP contribution in [0.25, 0.3) is 0 Å². The van der Waals surface area contributed by atoms with Gasteiger partial charge in [-0.2, -0.15) is 11.8 Å². The smallest absolute Gasteiger partial charge is 0.191 e. The predicted molar refractivity (Wildman–Crippen MR) is 76.7 cm³/mol. The Kier molecular flexibility index (Phi) is 9.34. The van der Waals surface area contributed by atoms with E-state index in [1.807, 2.05) is 6.92 Å². The second-order valence-corrected chi connectivity index (χ2v) is 6.91. The number of hydrogen-bond acceptors (Lipinski definition) is 4. The predicted octanol–water partition coefficient (Wildman–Crippen LogP) is 0.339. The maximum absolute atomic E-state index is 10.9. The van der Waals surface area contributed by atoms with Crippen molar-refractivity contribution in [3.63, 3.8) is 0 Å². The van der Waals surface area contributed by atoms with Gasteiger partial charge in [0.25, 0.3) is 0 Å². The minimum atomic E-state index is -2.87. The number of aliphatic imine (C=N–C) groups is 1. The molecule has 0 aromatic rings. The van der Waals surface area contributed by atoms with Gasteiger partial charge >= 0.3 is 0 Å². The molecule has 0 heterocycles. The zero-order valence-electron chi connectivity index (χ0n) is 10.8. The lowest BCUT2D eigenvalue weighted by atomic mass is 10.5. The van der Waals surface area contributed by atoms with E-state index >= 15 is 0 Å². The van der Waals surface area contributed by atoms with E-state index in [1.165, 1.54) is 6.26 Å². The molecule has 0 atom stereocenters. The van der Waals surface area contributed by atoms with Crippen molar-refractivity contribution in [2.75, 3.05) is 43.7 Å². The molecule has 0 aliphatic heterocycles. The summed E-state index contributed by atoms with van der Waals surface area (Å²) >= 11 is 1.77. The SMILES string of the molecule is CCNC(=NCCCS(C)(=O)=O)NCCSC. The lowest BCUT2D eigenvalue weighted by Crippen LogP contribution is -2.38. The van der Waals surface area contributed by atoms with Crippen LogP contribution in [0.5, 0.6) is 0 Å². The van der Waals surface area contributed by atoms with Crippen molar-refractivity contribution >= 4 is 27.6 Å². The third-order valence-corrected chi connectivity index (χ3v) is 3.53. The maximum atomic E-state index is 10.9.